The molecule has 28 heavy (non-hydrogen) atoms. The van der Waals surface area contributed by atoms with Crippen molar-refractivity contribution in [3.63, 3.8) is 0 Å². The fourth-order valence-corrected chi connectivity index (χ4v) is 4.04. The lowest BCUT2D eigenvalue weighted by atomic mass is 10.2. The minimum Gasteiger partial charge on any atom is -0.298 e. The molecular formula is C20H19F2N5S. The van der Waals surface area contributed by atoms with E-state index < -0.39 is 5.82 Å². The van der Waals surface area contributed by atoms with Crippen LogP contribution >= 0.6 is 11.9 Å². The first-order valence-electron chi connectivity index (χ1n) is 8.93. The van der Waals surface area contributed by atoms with Crippen molar-refractivity contribution in [3.8, 4) is 11.5 Å². The van der Waals surface area contributed by atoms with Crippen LogP contribution < -0.4 is 4.31 Å². The maximum Gasteiger partial charge on any atom is 0.184 e. The van der Waals surface area contributed by atoms with E-state index in [9.17, 15) is 8.78 Å². The van der Waals surface area contributed by atoms with Gasteiger partial charge in [-0.3, -0.25) is 8.99 Å². The highest BCUT2D eigenvalue weighted by molar-refractivity contribution is 8.00. The summed E-state index contributed by atoms with van der Waals surface area (Å²) in [7, 11) is 0. The van der Waals surface area contributed by atoms with Gasteiger partial charge in [-0.15, -0.1) is 0 Å². The Balaban J connectivity index is 1.72. The molecule has 0 N–H and O–H groups in total. The van der Waals surface area contributed by atoms with Crippen LogP contribution in [0.1, 0.15) is 24.6 Å². The van der Waals surface area contributed by atoms with Crippen LogP contribution in [0.2, 0.25) is 0 Å². The molecule has 3 aromatic rings. The summed E-state index contributed by atoms with van der Waals surface area (Å²) in [5.41, 5.74) is 2.56. The van der Waals surface area contributed by atoms with Crippen molar-refractivity contribution in [2.45, 2.75) is 19.9 Å². The van der Waals surface area contributed by atoms with Gasteiger partial charge in [-0.1, -0.05) is 24.8 Å². The van der Waals surface area contributed by atoms with Crippen molar-refractivity contribution in [3.05, 3.63) is 66.0 Å². The van der Waals surface area contributed by atoms with Gasteiger partial charge in [0.2, 0.25) is 0 Å². The van der Waals surface area contributed by atoms with E-state index in [0.717, 1.165) is 30.0 Å². The third kappa shape index (κ3) is 3.64. The number of hydrogen-bond donors (Lipinski definition) is 0. The Bertz CT molecular complexity index is 1030. The van der Waals surface area contributed by atoms with Gasteiger partial charge in [0.1, 0.15) is 11.5 Å². The van der Waals surface area contributed by atoms with Gasteiger partial charge in [-0.2, -0.15) is 5.10 Å². The number of benzene rings is 1. The van der Waals surface area contributed by atoms with E-state index in [1.807, 2.05) is 11.2 Å². The molecule has 144 valence electrons. The zero-order chi connectivity index (χ0) is 19.7. The predicted octanol–water partition coefficient (Wildman–Crippen LogP) is 4.56. The summed E-state index contributed by atoms with van der Waals surface area (Å²) in [6.07, 6.45) is 2.16. The fraction of sp³-hybridized carbons (Fsp3) is 0.250. The summed E-state index contributed by atoms with van der Waals surface area (Å²) < 4.78 is 31.8. The van der Waals surface area contributed by atoms with E-state index in [0.29, 0.717) is 17.1 Å². The first-order chi connectivity index (χ1) is 13.5. The summed E-state index contributed by atoms with van der Waals surface area (Å²) in [4.78, 5) is 8.52. The maximum atomic E-state index is 14.2. The largest absolute Gasteiger partial charge is 0.298 e. The van der Waals surface area contributed by atoms with E-state index in [1.54, 1.807) is 40.9 Å². The van der Waals surface area contributed by atoms with Gasteiger partial charge in [-0.25, -0.2) is 18.7 Å². The minimum atomic E-state index is -0.455. The number of halogens is 2. The van der Waals surface area contributed by atoms with Gasteiger partial charge in [-0.05, 0) is 43.0 Å². The Morgan fingerprint density at radius 2 is 2.07 bits per heavy atom. The van der Waals surface area contributed by atoms with Crippen LogP contribution in [-0.4, -0.2) is 32.0 Å². The van der Waals surface area contributed by atoms with Crippen molar-refractivity contribution in [2.24, 2.45) is 0 Å². The predicted molar refractivity (Wildman–Crippen MR) is 108 cm³/mol. The lowest BCUT2D eigenvalue weighted by molar-refractivity contribution is 0.583. The summed E-state index contributed by atoms with van der Waals surface area (Å²) in [6, 6.07) is 8.38. The molecule has 1 aliphatic heterocycles. The highest BCUT2D eigenvalue weighted by Gasteiger charge is 2.21. The van der Waals surface area contributed by atoms with E-state index >= 15 is 0 Å². The number of rotatable bonds is 5. The van der Waals surface area contributed by atoms with Crippen LogP contribution in [0.15, 0.2) is 43.1 Å². The zero-order valence-corrected chi connectivity index (χ0v) is 16.2. The van der Waals surface area contributed by atoms with E-state index in [-0.39, 0.29) is 18.2 Å². The zero-order valence-electron chi connectivity index (χ0n) is 15.4. The number of aromatic nitrogens is 4. The van der Waals surface area contributed by atoms with Crippen LogP contribution in [0, 0.1) is 11.6 Å². The highest BCUT2D eigenvalue weighted by atomic mass is 32.2. The molecule has 0 bridgehead atoms. The highest BCUT2D eigenvalue weighted by Crippen LogP contribution is 2.30. The standard InChI is InChI=1S/C20H19F2N5S/c1-13(2)18-10-17(25-26(18)12-14-6-3-4-7-15(14)21)19-23-11-16(22)20(24-19)27-8-5-9-28-27/h3-4,6-7,10-11H,1,5,8-9,12H2,2H3. The third-order valence-corrected chi connectivity index (χ3v) is 5.58. The molecule has 4 rings (SSSR count). The van der Waals surface area contributed by atoms with Crippen molar-refractivity contribution < 1.29 is 8.78 Å². The molecule has 0 radical (unpaired) electrons. The Labute approximate surface area is 166 Å². The van der Waals surface area contributed by atoms with Crippen molar-refractivity contribution >= 4 is 23.3 Å². The minimum absolute atomic E-state index is 0.255. The normalized spacial score (nSPS) is 13.9. The van der Waals surface area contributed by atoms with Gasteiger partial charge in [0.15, 0.2) is 17.5 Å². The number of nitrogens with zero attached hydrogens (tertiary/aromatic N) is 5. The summed E-state index contributed by atoms with van der Waals surface area (Å²) in [5, 5.41) is 4.55. The van der Waals surface area contributed by atoms with Crippen molar-refractivity contribution in [1.29, 1.82) is 0 Å². The molecule has 3 heterocycles. The molecule has 2 aromatic heterocycles. The lowest BCUT2D eigenvalue weighted by Crippen LogP contribution is -2.13. The Morgan fingerprint density at radius 3 is 2.79 bits per heavy atom. The fourth-order valence-electron chi connectivity index (χ4n) is 3.05. The SMILES string of the molecule is C=C(C)c1cc(-c2ncc(F)c(N3CCCS3)n2)nn1Cc1ccccc1F. The number of allylic oxidation sites excluding steroid dienone is 1. The molecule has 5 nitrogen and oxygen atoms in total. The Kier molecular flexibility index (Phi) is 5.13. The maximum absolute atomic E-state index is 14.2. The van der Waals surface area contributed by atoms with Gasteiger partial charge in [0, 0.05) is 17.9 Å². The summed E-state index contributed by atoms with van der Waals surface area (Å²) >= 11 is 1.55. The smallest absolute Gasteiger partial charge is 0.184 e. The van der Waals surface area contributed by atoms with Gasteiger partial charge in [0.05, 0.1) is 18.4 Å². The molecule has 0 unspecified atom stereocenters. The Hall–Kier alpha value is -2.74. The second-order valence-corrected chi connectivity index (χ2v) is 7.71. The van der Waals surface area contributed by atoms with Crippen LogP contribution in [0.4, 0.5) is 14.6 Å². The van der Waals surface area contributed by atoms with Crippen molar-refractivity contribution in [2.75, 3.05) is 16.6 Å². The molecule has 0 spiro atoms. The molecule has 0 amide bonds. The van der Waals surface area contributed by atoms with Crippen LogP contribution in [-0.2, 0) is 6.54 Å². The first-order valence-corrected chi connectivity index (χ1v) is 9.87. The quantitative estimate of drug-likeness (QED) is 0.589. The molecule has 1 aliphatic rings. The molecule has 1 fully saturated rings. The molecule has 1 saturated heterocycles. The topological polar surface area (TPSA) is 46.8 Å². The monoisotopic (exact) mass is 399 g/mol. The number of hydrogen-bond acceptors (Lipinski definition) is 5. The number of anilines is 1. The Morgan fingerprint density at radius 1 is 1.25 bits per heavy atom. The summed E-state index contributed by atoms with van der Waals surface area (Å²) in [6.45, 7) is 6.84. The van der Waals surface area contributed by atoms with Gasteiger partial charge >= 0.3 is 0 Å². The van der Waals surface area contributed by atoms with Crippen LogP contribution in [0.3, 0.4) is 0 Å². The molecule has 0 aliphatic carbocycles. The van der Waals surface area contributed by atoms with Gasteiger partial charge in [0.25, 0.3) is 0 Å². The average Bonchev–Trinajstić information content (AvgIpc) is 3.34. The summed E-state index contributed by atoms with van der Waals surface area (Å²) in [5.74, 6) is 0.796. The third-order valence-electron chi connectivity index (χ3n) is 4.44. The molecule has 8 heteroatoms. The van der Waals surface area contributed by atoms with Crippen LogP contribution in [0.5, 0.6) is 0 Å². The molecule has 0 saturated carbocycles. The average molecular weight is 399 g/mol. The van der Waals surface area contributed by atoms with E-state index in [2.05, 4.69) is 21.6 Å². The van der Waals surface area contributed by atoms with Gasteiger partial charge < -0.3 is 0 Å². The lowest BCUT2D eigenvalue weighted by Gasteiger charge is -2.15. The second kappa shape index (κ2) is 7.71. The molecule has 0 atom stereocenters. The molecule has 1 aromatic carbocycles. The second-order valence-electron chi connectivity index (χ2n) is 6.60. The molecular weight excluding hydrogens is 380 g/mol. The van der Waals surface area contributed by atoms with E-state index in [1.165, 1.54) is 12.3 Å². The first kappa shape index (κ1) is 18.6. The van der Waals surface area contributed by atoms with Crippen LogP contribution in [0.25, 0.3) is 17.1 Å². The van der Waals surface area contributed by atoms with E-state index in [4.69, 9.17) is 0 Å². The van der Waals surface area contributed by atoms with Crippen molar-refractivity contribution in [1.82, 2.24) is 19.7 Å².